The molecular weight excluding hydrogens is 268 g/mol. The summed E-state index contributed by atoms with van der Waals surface area (Å²) in [6.45, 7) is 2.01. The average molecular weight is 282 g/mol. The van der Waals surface area contributed by atoms with E-state index in [2.05, 4.69) is 0 Å². The Bertz CT molecular complexity index is 595. The minimum Gasteiger partial charge on any atom is -0.316 e. The van der Waals surface area contributed by atoms with Crippen molar-refractivity contribution in [2.45, 2.75) is 18.2 Å². The molecule has 2 fully saturated rings. The predicted octanol–water partition coefficient (Wildman–Crippen LogP) is 1.65. The summed E-state index contributed by atoms with van der Waals surface area (Å²) in [7, 11) is -2.94. The van der Waals surface area contributed by atoms with E-state index in [0.717, 1.165) is 11.3 Å². The maximum absolute atomic E-state index is 11.7. The van der Waals surface area contributed by atoms with Crippen LogP contribution in [0.15, 0.2) is 24.3 Å². The van der Waals surface area contributed by atoms with Crippen molar-refractivity contribution in [3.05, 3.63) is 29.8 Å². The number of nitrogens with zero attached hydrogens (tertiary/aromatic N) is 1. The normalized spacial score (nSPS) is 29.6. The number of rotatable bonds is 1. The molecule has 3 rings (SSSR count). The molecule has 1 aromatic carbocycles. The van der Waals surface area contributed by atoms with Crippen LogP contribution in [0.1, 0.15) is 5.56 Å². The first kappa shape index (κ1) is 12.0. The van der Waals surface area contributed by atoms with Gasteiger partial charge in [-0.05, 0) is 19.1 Å². The number of sulfone groups is 1. The standard InChI is InChI=1S/C12H14N2O2S2/c1-8-2-4-9(5-3-8)14-10-6-18(15,16)7-11(10)17-12(14)13/h2-5,10-11,13H,6-7H2,1H3/t10-,11-/m0/s1. The van der Waals surface area contributed by atoms with E-state index in [-0.39, 0.29) is 22.8 Å². The van der Waals surface area contributed by atoms with Crippen LogP contribution in [0.2, 0.25) is 0 Å². The average Bonchev–Trinajstić information content (AvgIpc) is 2.70. The molecule has 2 atom stereocenters. The molecule has 96 valence electrons. The zero-order valence-corrected chi connectivity index (χ0v) is 11.6. The highest BCUT2D eigenvalue weighted by Gasteiger charge is 2.48. The molecule has 0 saturated carbocycles. The summed E-state index contributed by atoms with van der Waals surface area (Å²) in [6, 6.07) is 7.82. The van der Waals surface area contributed by atoms with Crippen molar-refractivity contribution >= 4 is 32.5 Å². The lowest BCUT2D eigenvalue weighted by molar-refractivity contribution is 0.601. The number of nitrogens with one attached hydrogen (secondary N) is 1. The van der Waals surface area contributed by atoms with E-state index in [4.69, 9.17) is 5.41 Å². The lowest BCUT2D eigenvalue weighted by atomic mass is 10.1. The Labute approximate surface area is 111 Å². The van der Waals surface area contributed by atoms with Crippen molar-refractivity contribution in [2.75, 3.05) is 16.4 Å². The second-order valence-electron chi connectivity index (χ2n) is 4.81. The molecule has 4 nitrogen and oxygen atoms in total. The van der Waals surface area contributed by atoms with Crippen LogP contribution < -0.4 is 4.90 Å². The third-order valence-corrected chi connectivity index (χ3v) is 6.53. The molecule has 6 heteroatoms. The molecular formula is C12H14N2O2S2. The molecule has 0 aromatic heterocycles. The third kappa shape index (κ3) is 1.93. The second kappa shape index (κ2) is 3.99. The van der Waals surface area contributed by atoms with E-state index in [1.165, 1.54) is 11.8 Å². The number of hydrogen-bond donors (Lipinski definition) is 1. The highest BCUT2D eigenvalue weighted by molar-refractivity contribution is 8.15. The number of fused-ring (bicyclic) bond motifs is 1. The summed E-state index contributed by atoms with van der Waals surface area (Å²) in [4.78, 5) is 1.86. The lowest BCUT2D eigenvalue weighted by Crippen LogP contribution is -2.37. The van der Waals surface area contributed by atoms with Gasteiger partial charge in [0, 0.05) is 10.9 Å². The monoisotopic (exact) mass is 282 g/mol. The summed E-state index contributed by atoms with van der Waals surface area (Å²) in [5, 5.41) is 8.50. The van der Waals surface area contributed by atoms with Crippen molar-refractivity contribution in [1.29, 1.82) is 5.41 Å². The Morgan fingerprint density at radius 3 is 2.61 bits per heavy atom. The van der Waals surface area contributed by atoms with Gasteiger partial charge >= 0.3 is 0 Å². The van der Waals surface area contributed by atoms with Crippen LogP contribution in [0.5, 0.6) is 0 Å². The minimum absolute atomic E-state index is 0.0174. The molecule has 18 heavy (non-hydrogen) atoms. The topological polar surface area (TPSA) is 61.2 Å². The van der Waals surface area contributed by atoms with Gasteiger partial charge in [-0.2, -0.15) is 0 Å². The van der Waals surface area contributed by atoms with E-state index in [0.29, 0.717) is 5.17 Å². The summed E-state index contributed by atoms with van der Waals surface area (Å²) < 4.78 is 23.3. The van der Waals surface area contributed by atoms with E-state index in [9.17, 15) is 8.42 Å². The summed E-state index contributed by atoms with van der Waals surface area (Å²) >= 11 is 1.38. The van der Waals surface area contributed by atoms with Gasteiger partial charge in [0.05, 0.1) is 17.5 Å². The van der Waals surface area contributed by atoms with Crippen molar-refractivity contribution in [2.24, 2.45) is 0 Å². The SMILES string of the molecule is Cc1ccc(N2C(=N)S[C@H]3CS(=O)(=O)C[C@@H]32)cc1. The fraction of sp³-hybridized carbons (Fsp3) is 0.417. The molecule has 0 bridgehead atoms. The maximum Gasteiger partial charge on any atom is 0.161 e. The van der Waals surface area contributed by atoms with Gasteiger partial charge in [-0.1, -0.05) is 29.5 Å². The van der Waals surface area contributed by atoms with E-state index in [1.807, 2.05) is 36.1 Å². The van der Waals surface area contributed by atoms with Crippen LogP contribution >= 0.6 is 11.8 Å². The van der Waals surface area contributed by atoms with Crippen LogP contribution in [0.3, 0.4) is 0 Å². The number of anilines is 1. The van der Waals surface area contributed by atoms with Crippen molar-refractivity contribution in [3.63, 3.8) is 0 Å². The van der Waals surface area contributed by atoms with Crippen LogP contribution in [0.25, 0.3) is 0 Å². The van der Waals surface area contributed by atoms with Crippen LogP contribution in [0, 0.1) is 12.3 Å². The molecule has 2 heterocycles. The lowest BCUT2D eigenvalue weighted by Gasteiger charge is -2.23. The van der Waals surface area contributed by atoms with Gasteiger partial charge in [-0.3, -0.25) is 5.41 Å². The molecule has 0 spiro atoms. The first-order chi connectivity index (χ1) is 8.46. The molecule has 2 aliphatic rings. The minimum atomic E-state index is -2.94. The molecule has 2 aliphatic heterocycles. The van der Waals surface area contributed by atoms with E-state index >= 15 is 0 Å². The Balaban J connectivity index is 1.96. The van der Waals surface area contributed by atoms with E-state index < -0.39 is 9.84 Å². The van der Waals surface area contributed by atoms with Crippen molar-refractivity contribution in [1.82, 2.24) is 0 Å². The number of thioether (sulfide) groups is 1. The third-order valence-electron chi connectivity index (χ3n) is 3.40. The summed E-state index contributed by atoms with van der Waals surface area (Å²) in [6.07, 6.45) is 0. The van der Waals surface area contributed by atoms with Crippen LogP contribution in [-0.4, -0.2) is 36.4 Å². The number of hydrogen-bond acceptors (Lipinski definition) is 4. The van der Waals surface area contributed by atoms with Gasteiger partial charge < -0.3 is 4.90 Å². The Morgan fingerprint density at radius 1 is 1.28 bits per heavy atom. The van der Waals surface area contributed by atoms with Crippen LogP contribution in [-0.2, 0) is 9.84 Å². The molecule has 2 saturated heterocycles. The number of benzene rings is 1. The fourth-order valence-electron chi connectivity index (χ4n) is 2.52. The van der Waals surface area contributed by atoms with Gasteiger partial charge in [0.25, 0.3) is 0 Å². The molecule has 1 N–H and O–H groups in total. The van der Waals surface area contributed by atoms with Crippen LogP contribution in [0.4, 0.5) is 5.69 Å². The smallest absolute Gasteiger partial charge is 0.161 e. The predicted molar refractivity (Wildman–Crippen MR) is 75.2 cm³/mol. The molecule has 0 aliphatic carbocycles. The van der Waals surface area contributed by atoms with Crippen molar-refractivity contribution in [3.8, 4) is 0 Å². The Hall–Kier alpha value is -1.01. The van der Waals surface area contributed by atoms with Crippen molar-refractivity contribution < 1.29 is 8.42 Å². The summed E-state index contributed by atoms with van der Waals surface area (Å²) in [5.74, 6) is 0.369. The van der Waals surface area contributed by atoms with Gasteiger partial charge in [0.15, 0.2) is 15.0 Å². The first-order valence-electron chi connectivity index (χ1n) is 5.78. The van der Waals surface area contributed by atoms with Gasteiger partial charge in [-0.15, -0.1) is 0 Å². The quantitative estimate of drug-likeness (QED) is 0.851. The number of aryl methyl sites for hydroxylation is 1. The molecule has 0 radical (unpaired) electrons. The zero-order valence-electron chi connectivity index (χ0n) is 9.96. The highest BCUT2D eigenvalue weighted by atomic mass is 32.2. The van der Waals surface area contributed by atoms with E-state index in [1.54, 1.807) is 0 Å². The largest absolute Gasteiger partial charge is 0.316 e. The van der Waals surface area contributed by atoms with Gasteiger partial charge in [0.1, 0.15) is 0 Å². The summed E-state index contributed by atoms with van der Waals surface area (Å²) in [5.41, 5.74) is 2.08. The Kier molecular flexibility index (Phi) is 2.67. The molecule has 0 unspecified atom stereocenters. The first-order valence-corrected chi connectivity index (χ1v) is 8.48. The zero-order chi connectivity index (χ0) is 12.9. The molecule has 0 amide bonds. The molecule has 1 aromatic rings. The maximum atomic E-state index is 11.7. The Morgan fingerprint density at radius 2 is 1.94 bits per heavy atom. The van der Waals surface area contributed by atoms with Gasteiger partial charge in [-0.25, -0.2) is 8.42 Å². The highest BCUT2D eigenvalue weighted by Crippen LogP contribution is 2.40. The fourth-order valence-corrected chi connectivity index (χ4v) is 6.31. The second-order valence-corrected chi connectivity index (χ2v) is 8.19. The van der Waals surface area contributed by atoms with Gasteiger partial charge in [0.2, 0.25) is 0 Å². The number of amidine groups is 1.